The van der Waals surface area contributed by atoms with Gasteiger partial charge in [0.05, 0.1) is 23.9 Å². The Morgan fingerprint density at radius 1 is 1.19 bits per heavy atom. The summed E-state index contributed by atoms with van der Waals surface area (Å²) < 4.78 is 12.2. The largest absolute Gasteiger partial charge is 0.492 e. The molecule has 0 amide bonds. The third-order valence-corrected chi connectivity index (χ3v) is 3.47. The van der Waals surface area contributed by atoms with Crippen molar-refractivity contribution in [3.05, 3.63) is 66.7 Å². The van der Waals surface area contributed by atoms with E-state index in [1.54, 1.807) is 14.2 Å². The molecular weight excluding hydrogens is 336 g/mol. The van der Waals surface area contributed by atoms with E-state index in [9.17, 15) is 0 Å². The van der Waals surface area contributed by atoms with Gasteiger partial charge in [-0.3, -0.25) is 0 Å². The van der Waals surface area contributed by atoms with Gasteiger partial charge in [-0.1, -0.05) is 57.6 Å². The Labute approximate surface area is 165 Å². The van der Waals surface area contributed by atoms with Crippen LogP contribution in [-0.2, 0) is 16.0 Å². The Hall–Kier alpha value is -2.33. The van der Waals surface area contributed by atoms with E-state index in [0.717, 1.165) is 41.8 Å². The molecule has 0 unspecified atom stereocenters. The summed E-state index contributed by atoms with van der Waals surface area (Å²) in [5.41, 5.74) is 3.29. The zero-order valence-electron chi connectivity index (χ0n) is 17.9. The second-order valence-electron chi connectivity index (χ2n) is 5.62. The zero-order valence-corrected chi connectivity index (χ0v) is 17.9. The van der Waals surface area contributed by atoms with Gasteiger partial charge in [0.25, 0.3) is 0 Å². The lowest BCUT2D eigenvalue weighted by molar-refractivity contribution is 0.212. The van der Waals surface area contributed by atoms with Gasteiger partial charge in [0.2, 0.25) is 0 Å². The number of rotatable bonds is 8. The number of hydrogen-bond donors (Lipinski definition) is 0. The second-order valence-corrected chi connectivity index (χ2v) is 5.62. The van der Waals surface area contributed by atoms with Crippen LogP contribution in [-0.4, -0.2) is 30.4 Å². The summed E-state index contributed by atoms with van der Waals surface area (Å²) in [6, 6.07) is 8.13. The molecular formula is C23H36N2O2. The number of methoxy groups -OCH3 is 1. The molecule has 150 valence electrons. The Bertz CT molecular complexity index is 699. The van der Waals surface area contributed by atoms with Crippen LogP contribution in [0.5, 0.6) is 0 Å². The lowest BCUT2D eigenvalue weighted by Crippen LogP contribution is -2.04. The SMILES string of the molecule is C=C(/C=C\C(=C/C)OCCn1cnc2ccccc21)CCC.CC.COC. The van der Waals surface area contributed by atoms with Crippen LogP contribution in [0.15, 0.2) is 66.7 Å². The first-order chi connectivity index (χ1) is 13.2. The Balaban J connectivity index is 0.00000123. The molecule has 2 aromatic rings. The average Bonchev–Trinajstić information content (AvgIpc) is 3.10. The van der Waals surface area contributed by atoms with E-state index < -0.39 is 0 Å². The van der Waals surface area contributed by atoms with Crippen molar-refractivity contribution >= 4 is 11.0 Å². The van der Waals surface area contributed by atoms with Crippen LogP contribution in [0.2, 0.25) is 0 Å². The second kappa shape index (κ2) is 15.9. The van der Waals surface area contributed by atoms with Crippen molar-refractivity contribution in [2.24, 2.45) is 0 Å². The number of imidazole rings is 1. The first kappa shape index (κ1) is 24.7. The van der Waals surface area contributed by atoms with Gasteiger partial charge in [-0.2, -0.15) is 0 Å². The summed E-state index contributed by atoms with van der Waals surface area (Å²) in [6.07, 6.45) is 10.00. The maximum absolute atomic E-state index is 5.83. The van der Waals surface area contributed by atoms with E-state index in [1.807, 2.05) is 63.5 Å². The fourth-order valence-corrected chi connectivity index (χ4v) is 2.28. The van der Waals surface area contributed by atoms with Crippen molar-refractivity contribution in [1.82, 2.24) is 9.55 Å². The number of fused-ring (bicyclic) bond motifs is 1. The van der Waals surface area contributed by atoms with Gasteiger partial charge in [-0.25, -0.2) is 4.98 Å². The van der Waals surface area contributed by atoms with E-state index in [1.165, 1.54) is 0 Å². The highest BCUT2D eigenvalue weighted by Gasteiger charge is 2.01. The number of ether oxygens (including phenoxy) is 2. The molecule has 0 aliphatic heterocycles. The molecule has 0 aliphatic carbocycles. The van der Waals surface area contributed by atoms with Crippen molar-refractivity contribution < 1.29 is 9.47 Å². The van der Waals surface area contributed by atoms with Crippen LogP contribution >= 0.6 is 0 Å². The van der Waals surface area contributed by atoms with Crippen LogP contribution < -0.4 is 0 Å². The number of para-hydroxylation sites is 2. The number of benzene rings is 1. The molecule has 2 rings (SSSR count). The summed E-state index contributed by atoms with van der Waals surface area (Å²) >= 11 is 0. The predicted molar refractivity (Wildman–Crippen MR) is 117 cm³/mol. The van der Waals surface area contributed by atoms with Gasteiger partial charge in [0.1, 0.15) is 12.4 Å². The average molecular weight is 373 g/mol. The number of hydrogen-bond acceptors (Lipinski definition) is 3. The van der Waals surface area contributed by atoms with Crippen molar-refractivity contribution in [3.63, 3.8) is 0 Å². The van der Waals surface area contributed by atoms with Crippen molar-refractivity contribution in [1.29, 1.82) is 0 Å². The number of allylic oxidation sites excluding steroid dienone is 4. The van der Waals surface area contributed by atoms with Crippen LogP contribution in [0.4, 0.5) is 0 Å². The van der Waals surface area contributed by atoms with E-state index >= 15 is 0 Å². The van der Waals surface area contributed by atoms with Crippen molar-refractivity contribution in [2.75, 3.05) is 20.8 Å². The summed E-state index contributed by atoms with van der Waals surface area (Å²) in [4.78, 5) is 4.38. The molecule has 1 aromatic carbocycles. The highest BCUT2D eigenvalue weighted by Crippen LogP contribution is 2.12. The Morgan fingerprint density at radius 2 is 1.85 bits per heavy atom. The molecule has 0 atom stereocenters. The summed E-state index contributed by atoms with van der Waals surface area (Å²) in [6.45, 7) is 13.6. The Kier molecular flexibility index (Phi) is 14.5. The molecule has 0 saturated heterocycles. The van der Waals surface area contributed by atoms with Gasteiger partial charge >= 0.3 is 0 Å². The molecule has 4 heteroatoms. The highest BCUT2D eigenvalue weighted by atomic mass is 16.5. The molecule has 0 saturated carbocycles. The molecule has 0 fully saturated rings. The first-order valence-electron chi connectivity index (χ1n) is 9.61. The van der Waals surface area contributed by atoms with Gasteiger partial charge in [0, 0.05) is 14.2 Å². The molecule has 1 aromatic heterocycles. The van der Waals surface area contributed by atoms with Gasteiger partial charge in [0.15, 0.2) is 0 Å². The molecule has 1 heterocycles. The third-order valence-electron chi connectivity index (χ3n) is 3.47. The minimum Gasteiger partial charge on any atom is -0.492 e. The summed E-state index contributed by atoms with van der Waals surface area (Å²) in [5.74, 6) is 0.877. The summed E-state index contributed by atoms with van der Waals surface area (Å²) in [5, 5.41) is 0. The van der Waals surface area contributed by atoms with E-state index in [0.29, 0.717) is 6.61 Å². The maximum atomic E-state index is 5.83. The molecule has 0 bridgehead atoms. The molecule has 4 nitrogen and oxygen atoms in total. The molecule has 0 aliphatic rings. The van der Waals surface area contributed by atoms with Crippen LogP contribution in [0, 0.1) is 0 Å². The van der Waals surface area contributed by atoms with E-state index in [4.69, 9.17) is 4.74 Å². The number of aromatic nitrogens is 2. The molecule has 27 heavy (non-hydrogen) atoms. The monoisotopic (exact) mass is 372 g/mol. The smallest absolute Gasteiger partial charge is 0.115 e. The molecule has 0 N–H and O–H groups in total. The van der Waals surface area contributed by atoms with Crippen molar-refractivity contribution in [2.45, 2.75) is 47.1 Å². The van der Waals surface area contributed by atoms with Gasteiger partial charge in [-0.05, 0) is 37.6 Å². The highest BCUT2D eigenvalue weighted by molar-refractivity contribution is 5.74. The lowest BCUT2D eigenvalue weighted by atomic mass is 10.1. The molecule has 0 spiro atoms. The van der Waals surface area contributed by atoms with Gasteiger partial charge in [-0.15, -0.1) is 0 Å². The fourth-order valence-electron chi connectivity index (χ4n) is 2.28. The Morgan fingerprint density at radius 3 is 2.48 bits per heavy atom. The van der Waals surface area contributed by atoms with Crippen LogP contribution in [0.25, 0.3) is 11.0 Å². The van der Waals surface area contributed by atoms with Crippen molar-refractivity contribution in [3.8, 4) is 0 Å². The molecule has 0 radical (unpaired) electrons. The van der Waals surface area contributed by atoms with E-state index in [2.05, 4.69) is 33.9 Å². The number of nitrogens with zero attached hydrogens (tertiary/aromatic N) is 2. The van der Waals surface area contributed by atoms with E-state index in [-0.39, 0.29) is 0 Å². The minimum atomic E-state index is 0.616. The van der Waals surface area contributed by atoms with Gasteiger partial charge < -0.3 is 14.0 Å². The third kappa shape index (κ3) is 9.80. The zero-order chi connectivity index (χ0) is 20.5. The normalized spacial score (nSPS) is 10.8. The fraction of sp³-hybridized carbons (Fsp3) is 0.435. The standard InChI is InChI=1S/C19H24N2O.C2H6O.C2H6/c1-4-8-16(3)11-12-17(5-2)22-14-13-21-15-20-18-9-6-7-10-19(18)21;1-3-2;1-2/h5-7,9-12,15H,3-4,8,13-14H2,1-2H3;1-2H3;1-2H3/b12-11-,17-5+;;. The predicted octanol–water partition coefficient (Wildman–Crippen LogP) is 6.16. The lowest BCUT2D eigenvalue weighted by Gasteiger charge is -2.08. The minimum absolute atomic E-state index is 0.616. The maximum Gasteiger partial charge on any atom is 0.115 e. The summed E-state index contributed by atoms with van der Waals surface area (Å²) in [7, 11) is 3.25. The van der Waals surface area contributed by atoms with Crippen LogP contribution in [0.1, 0.15) is 40.5 Å². The topological polar surface area (TPSA) is 36.3 Å². The first-order valence-corrected chi connectivity index (χ1v) is 9.61. The quantitative estimate of drug-likeness (QED) is 0.411. The van der Waals surface area contributed by atoms with Crippen LogP contribution in [0.3, 0.4) is 0 Å².